The topological polar surface area (TPSA) is 15.3 Å². The lowest BCUT2D eigenvalue weighted by Crippen LogP contribution is -2.64. The largest absolute Gasteiger partial charge is 0.416 e. The van der Waals surface area contributed by atoms with Gasteiger partial charge in [-0.15, -0.1) is 0 Å². The number of benzene rings is 3. The van der Waals surface area contributed by atoms with E-state index in [1.165, 1.54) is 0 Å². The number of nitrogens with one attached hydrogen (secondary N) is 1. The monoisotopic (exact) mass is 518 g/mol. The lowest BCUT2D eigenvalue weighted by Gasteiger charge is -2.54. The van der Waals surface area contributed by atoms with Gasteiger partial charge in [-0.05, 0) is 66.7 Å². The van der Waals surface area contributed by atoms with Crippen LogP contribution in [0.25, 0.3) is 0 Å². The van der Waals surface area contributed by atoms with Gasteiger partial charge in [-0.3, -0.25) is 4.90 Å². The molecule has 3 heterocycles. The molecule has 37 heavy (non-hydrogen) atoms. The minimum atomic E-state index is -4.86. The van der Waals surface area contributed by atoms with Gasteiger partial charge in [0.1, 0.15) is 0 Å². The first-order valence-electron chi connectivity index (χ1n) is 12.5. The number of nitrogens with zero attached hydrogens (tertiary/aromatic N) is 1. The molecule has 0 aliphatic carbocycles. The van der Waals surface area contributed by atoms with Crippen LogP contribution in [0, 0.1) is 5.92 Å². The molecule has 3 aliphatic heterocycles. The maximum atomic E-state index is 13.4. The summed E-state index contributed by atoms with van der Waals surface area (Å²) in [6, 6.07) is 22.0. The Morgan fingerprint density at radius 2 is 1.22 bits per heavy atom. The molecule has 3 aliphatic rings. The number of halogens is 6. The van der Waals surface area contributed by atoms with Crippen LogP contribution in [0.4, 0.5) is 26.3 Å². The molecule has 0 spiro atoms. The Morgan fingerprint density at radius 3 is 1.68 bits per heavy atom. The Labute approximate surface area is 212 Å². The molecule has 0 saturated carbocycles. The predicted molar refractivity (Wildman–Crippen MR) is 130 cm³/mol. The highest BCUT2D eigenvalue weighted by Crippen LogP contribution is 2.42. The van der Waals surface area contributed by atoms with Crippen molar-refractivity contribution < 1.29 is 26.3 Å². The van der Waals surface area contributed by atoms with Gasteiger partial charge in [-0.25, -0.2) is 0 Å². The van der Waals surface area contributed by atoms with Gasteiger partial charge in [-0.1, -0.05) is 60.7 Å². The van der Waals surface area contributed by atoms with Crippen LogP contribution in [0.15, 0.2) is 78.9 Å². The molecule has 1 N–H and O–H groups in total. The third kappa shape index (κ3) is 5.55. The molecule has 0 aromatic heterocycles. The van der Waals surface area contributed by atoms with Crippen molar-refractivity contribution in [3.63, 3.8) is 0 Å². The molecule has 2 nitrogen and oxygen atoms in total. The number of hydrogen-bond acceptors (Lipinski definition) is 2. The molecule has 3 aromatic carbocycles. The number of rotatable bonds is 6. The van der Waals surface area contributed by atoms with E-state index in [1.807, 2.05) is 36.4 Å². The van der Waals surface area contributed by atoms with E-state index >= 15 is 0 Å². The van der Waals surface area contributed by atoms with E-state index in [0.717, 1.165) is 49.2 Å². The van der Waals surface area contributed by atoms with E-state index in [2.05, 4.69) is 34.5 Å². The minimum absolute atomic E-state index is 0.00949. The Bertz CT molecular complexity index is 1110. The number of fused-ring (bicyclic) bond motifs is 3. The van der Waals surface area contributed by atoms with Gasteiger partial charge in [0, 0.05) is 24.5 Å². The standard InChI is InChI=1S/C29H28F6N2/c30-28(31,32)23-15-19(16-24(17-23)29(33,34)35)18-36-26-22-11-13-37(14-12-22)27(26)25(20-7-3-1-4-8-20)21-9-5-2-6-10-21/h1-10,15-17,22,25-27,36H,11-14,18H2/t26-,27-/m1/s1. The second-order valence-electron chi connectivity index (χ2n) is 9.98. The fourth-order valence-corrected chi connectivity index (χ4v) is 6.05. The average molecular weight is 519 g/mol. The van der Waals surface area contributed by atoms with Crippen LogP contribution in [0.1, 0.15) is 46.6 Å². The molecule has 3 saturated heterocycles. The molecule has 8 heteroatoms. The maximum Gasteiger partial charge on any atom is 0.416 e. The second kappa shape index (κ2) is 10.1. The summed E-state index contributed by atoms with van der Waals surface area (Å²) in [5.41, 5.74) is -0.312. The smallest absolute Gasteiger partial charge is 0.308 e. The molecule has 2 bridgehead atoms. The summed E-state index contributed by atoms with van der Waals surface area (Å²) in [6.07, 6.45) is -7.83. The maximum absolute atomic E-state index is 13.4. The molecule has 0 radical (unpaired) electrons. The second-order valence-corrected chi connectivity index (χ2v) is 9.98. The van der Waals surface area contributed by atoms with Crippen molar-refractivity contribution >= 4 is 0 Å². The highest BCUT2D eigenvalue weighted by atomic mass is 19.4. The zero-order valence-electron chi connectivity index (χ0n) is 20.1. The SMILES string of the molecule is FC(F)(F)c1cc(CN[C@@H]2C3CCN(CC3)[C@@H]2C(c2ccccc2)c2ccccc2)cc(C(F)(F)F)c1. The van der Waals surface area contributed by atoms with Crippen molar-refractivity contribution in [3.8, 4) is 0 Å². The fraction of sp³-hybridized carbons (Fsp3) is 0.379. The average Bonchev–Trinajstić information content (AvgIpc) is 2.89. The van der Waals surface area contributed by atoms with Gasteiger partial charge in [0.2, 0.25) is 0 Å². The van der Waals surface area contributed by atoms with Crippen LogP contribution in [0.5, 0.6) is 0 Å². The van der Waals surface area contributed by atoms with Crippen molar-refractivity contribution in [3.05, 3.63) is 107 Å². The van der Waals surface area contributed by atoms with Crippen LogP contribution >= 0.6 is 0 Å². The lowest BCUT2D eigenvalue weighted by molar-refractivity contribution is -0.143. The number of hydrogen-bond donors (Lipinski definition) is 1. The first-order chi connectivity index (χ1) is 17.6. The van der Waals surface area contributed by atoms with Crippen molar-refractivity contribution in [2.24, 2.45) is 5.92 Å². The molecule has 196 valence electrons. The van der Waals surface area contributed by atoms with Crippen molar-refractivity contribution in [1.29, 1.82) is 0 Å². The molecule has 6 rings (SSSR count). The summed E-state index contributed by atoms with van der Waals surface area (Å²) in [6.45, 7) is 1.77. The molecular weight excluding hydrogens is 490 g/mol. The van der Waals surface area contributed by atoms with Crippen LogP contribution in [0.3, 0.4) is 0 Å². The summed E-state index contributed by atoms with van der Waals surface area (Å²) in [5, 5.41) is 3.42. The van der Waals surface area contributed by atoms with E-state index in [-0.39, 0.29) is 42.1 Å². The van der Waals surface area contributed by atoms with Crippen molar-refractivity contribution in [2.45, 2.75) is 49.7 Å². The normalized spacial score (nSPS) is 24.0. The van der Waals surface area contributed by atoms with Gasteiger partial charge >= 0.3 is 12.4 Å². The first kappa shape index (κ1) is 25.8. The summed E-state index contributed by atoms with van der Waals surface area (Å²) in [7, 11) is 0. The highest BCUT2D eigenvalue weighted by molar-refractivity contribution is 5.37. The van der Waals surface area contributed by atoms with E-state index in [9.17, 15) is 26.3 Å². The summed E-state index contributed by atoms with van der Waals surface area (Å²) < 4.78 is 80.4. The molecular formula is C29H28F6N2. The summed E-state index contributed by atoms with van der Waals surface area (Å²) >= 11 is 0. The van der Waals surface area contributed by atoms with Crippen LogP contribution in [0.2, 0.25) is 0 Å². The van der Waals surface area contributed by atoms with Gasteiger partial charge in [0.05, 0.1) is 11.1 Å². The zero-order chi connectivity index (χ0) is 26.2. The molecule has 2 atom stereocenters. The lowest BCUT2D eigenvalue weighted by atomic mass is 9.70. The third-order valence-corrected chi connectivity index (χ3v) is 7.72. The molecule has 3 aromatic rings. The summed E-state index contributed by atoms with van der Waals surface area (Å²) in [4.78, 5) is 2.43. The predicted octanol–water partition coefficient (Wildman–Crippen LogP) is 7.11. The Balaban J connectivity index is 1.49. The first-order valence-corrected chi connectivity index (χ1v) is 12.5. The Hall–Kier alpha value is -2.84. The van der Waals surface area contributed by atoms with Crippen molar-refractivity contribution in [1.82, 2.24) is 10.2 Å². The zero-order valence-corrected chi connectivity index (χ0v) is 20.1. The van der Waals surface area contributed by atoms with Crippen LogP contribution < -0.4 is 5.32 Å². The van der Waals surface area contributed by atoms with Crippen molar-refractivity contribution in [2.75, 3.05) is 13.1 Å². The highest BCUT2D eigenvalue weighted by Gasteiger charge is 2.46. The van der Waals surface area contributed by atoms with E-state index in [4.69, 9.17) is 0 Å². The number of alkyl halides is 6. The van der Waals surface area contributed by atoms with E-state index < -0.39 is 23.5 Å². The molecule has 0 amide bonds. The minimum Gasteiger partial charge on any atom is -0.308 e. The van der Waals surface area contributed by atoms with E-state index in [0.29, 0.717) is 0 Å². The Morgan fingerprint density at radius 1 is 0.730 bits per heavy atom. The third-order valence-electron chi connectivity index (χ3n) is 7.72. The Kier molecular flexibility index (Phi) is 7.07. The van der Waals surface area contributed by atoms with Crippen LogP contribution in [-0.2, 0) is 18.9 Å². The fourth-order valence-electron chi connectivity index (χ4n) is 6.05. The van der Waals surface area contributed by atoms with Gasteiger partial charge in [0.25, 0.3) is 0 Å². The van der Waals surface area contributed by atoms with Gasteiger partial charge in [0.15, 0.2) is 0 Å². The van der Waals surface area contributed by atoms with Gasteiger partial charge in [-0.2, -0.15) is 26.3 Å². The summed E-state index contributed by atoms with van der Waals surface area (Å²) in [5.74, 6) is 0.299. The quantitative estimate of drug-likeness (QED) is 0.350. The number of piperidine rings is 3. The molecule has 0 unspecified atom stereocenters. The van der Waals surface area contributed by atoms with E-state index in [1.54, 1.807) is 0 Å². The van der Waals surface area contributed by atoms with Gasteiger partial charge < -0.3 is 5.32 Å². The molecule has 3 fully saturated rings. The van der Waals surface area contributed by atoms with Crippen LogP contribution in [-0.4, -0.2) is 30.1 Å².